The van der Waals surface area contributed by atoms with E-state index in [-0.39, 0.29) is 17.7 Å². The molecule has 0 aliphatic rings. The normalized spacial score (nSPS) is 11.8. The van der Waals surface area contributed by atoms with Crippen molar-refractivity contribution in [3.8, 4) is 17.2 Å². The third kappa shape index (κ3) is 6.44. The van der Waals surface area contributed by atoms with Crippen LogP contribution in [0.4, 0.5) is 8.78 Å². The van der Waals surface area contributed by atoms with Crippen molar-refractivity contribution in [2.75, 3.05) is 14.2 Å². The molecule has 0 aliphatic heterocycles. The van der Waals surface area contributed by atoms with Crippen LogP contribution in [0, 0.1) is 0 Å². The second-order valence-electron chi connectivity index (χ2n) is 5.96. The van der Waals surface area contributed by atoms with Gasteiger partial charge in [0.2, 0.25) is 5.91 Å². The van der Waals surface area contributed by atoms with Gasteiger partial charge in [0.25, 0.3) is 0 Å². The van der Waals surface area contributed by atoms with Crippen LogP contribution in [0.3, 0.4) is 0 Å². The highest BCUT2D eigenvalue weighted by molar-refractivity contribution is 5.76. The Morgan fingerprint density at radius 3 is 2.11 bits per heavy atom. The van der Waals surface area contributed by atoms with Crippen molar-refractivity contribution >= 4 is 5.91 Å². The smallest absolute Gasteiger partial charge is 0.387 e. The lowest BCUT2D eigenvalue weighted by atomic mass is 10.1. The van der Waals surface area contributed by atoms with Crippen LogP contribution in [0.5, 0.6) is 17.2 Å². The van der Waals surface area contributed by atoms with Crippen molar-refractivity contribution in [2.45, 2.75) is 32.4 Å². The molecular weight excluding hydrogens is 356 g/mol. The number of hydrogen-bond acceptors (Lipinski definition) is 4. The molecule has 146 valence electrons. The molecule has 0 heterocycles. The number of carbonyl (C=O) groups is 1. The molecule has 1 amide bonds. The van der Waals surface area contributed by atoms with Gasteiger partial charge in [0.1, 0.15) is 17.2 Å². The van der Waals surface area contributed by atoms with Crippen molar-refractivity contribution in [1.82, 2.24) is 5.32 Å². The fourth-order valence-electron chi connectivity index (χ4n) is 2.60. The van der Waals surface area contributed by atoms with Gasteiger partial charge < -0.3 is 19.5 Å². The Hall–Kier alpha value is -2.83. The molecule has 5 nitrogen and oxygen atoms in total. The van der Waals surface area contributed by atoms with Crippen LogP contribution in [0.1, 0.15) is 30.5 Å². The highest BCUT2D eigenvalue weighted by Gasteiger charge is 2.11. The quantitative estimate of drug-likeness (QED) is 0.712. The molecule has 0 aromatic heterocycles. The summed E-state index contributed by atoms with van der Waals surface area (Å²) in [5.41, 5.74) is 1.73. The molecule has 0 aliphatic carbocycles. The van der Waals surface area contributed by atoms with E-state index in [1.54, 1.807) is 32.4 Å². The Morgan fingerprint density at radius 1 is 1.00 bits per heavy atom. The Balaban J connectivity index is 1.89. The van der Waals surface area contributed by atoms with Gasteiger partial charge >= 0.3 is 6.61 Å². The molecule has 0 saturated carbocycles. The lowest BCUT2D eigenvalue weighted by Crippen LogP contribution is -2.26. The van der Waals surface area contributed by atoms with Gasteiger partial charge in [-0.1, -0.05) is 12.1 Å². The monoisotopic (exact) mass is 379 g/mol. The van der Waals surface area contributed by atoms with Gasteiger partial charge in [-0.05, 0) is 48.7 Å². The highest BCUT2D eigenvalue weighted by atomic mass is 19.3. The lowest BCUT2D eigenvalue weighted by Gasteiger charge is -2.15. The maximum absolute atomic E-state index is 12.2. The minimum Gasteiger partial charge on any atom is -0.497 e. The third-order valence-electron chi connectivity index (χ3n) is 4.03. The molecule has 0 fully saturated rings. The molecule has 1 N–H and O–H groups in total. The number of methoxy groups -OCH3 is 2. The molecule has 0 spiro atoms. The average Bonchev–Trinajstić information content (AvgIpc) is 2.66. The van der Waals surface area contributed by atoms with Gasteiger partial charge in [0.15, 0.2) is 0 Å². The van der Waals surface area contributed by atoms with E-state index in [2.05, 4.69) is 10.1 Å². The molecule has 7 heteroatoms. The molecule has 0 radical (unpaired) electrons. The van der Waals surface area contributed by atoms with E-state index in [0.29, 0.717) is 24.3 Å². The number of aryl methyl sites for hydroxylation is 1. The first-order valence-electron chi connectivity index (χ1n) is 8.47. The lowest BCUT2D eigenvalue weighted by molar-refractivity contribution is -0.121. The molecular formula is C20H23F2NO4. The first-order valence-corrected chi connectivity index (χ1v) is 8.47. The maximum Gasteiger partial charge on any atom is 0.387 e. The fourth-order valence-corrected chi connectivity index (χ4v) is 2.60. The van der Waals surface area contributed by atoms with Crippen molar-refractivity contribution in [2.24, 2.45) is 0 Å². The minimum atomic E-state index is -2.86. The maximum atomic E-state index is 12.2. The van der Waals surface area contributed by atoms with Gasteiger partial charge in [-0.2, -0.15) is 8.78 Å². The largest absolute Gasteiger partial charge is 0.497 e. The van der Waals surface area contributed by atoms with Crippen LogP contribution in [-0.2, 0) is 11.2 Å². The predicted octanol–water partition coefficient (Wildman–Crippen LogP) is 4.12. The predicted molar refractivity (Wildman–Crippen MR) is 97.5 cm³/mol. The molecule has 2 aromatic carbocycles. The second kappa shape index (κ2) is 9.75. The number of ether oxygens (including phenoxy) is 3. The van der Waals surface area contributed by atoms with E-state index >= 15 is 0 Å². The van der Waals surface area contributed by atoms with Crippen molar-refractivity contribution in [3.63, 3.8) is 0 Å². The standard InChI is InChI=1S/C20H23F2NO4/c1-13(15-5-7-16(8-6-15)27-20(21)22)23-19(24)9-4-14-10-17(25-2)12-18(11-14)26-3/h5-8,10-13,20H,4,9H2,1-3H3,(H,23,24). The summed E-state index contributed by atoms with van der Waals surface area (Å²) in [4.78, 5) is 12.2. The van der Waals surface area contributed by atoms with Crippen molar-refractivity contribution < 1.29 is 27.8 Å². The average molecular weight is 379 g/mol. The van der Waals surface area contributed by atoms with Gasteiger partial charge in [-0.15, -0.1) is 0 Å². The van der Waals surface area contributed by atoms with Gasteiger partial charge in [0.05, 0.1) is 20.3 Å². The molecule has 1 unspecified atom stereocenters. The Kier molecular flexibility index (Phi) is 7.40. The molecule has 2 aromatic rings. The van der Waals surface area contributed by atoms with Crippen LogP contribution < -0.4 is 19.5 Å². The number of amides is 1. The van der Waals surface area contributed by atoms with E-state index in [1.165, 1.54) is 12.1 Å². The summed E-state index contributed by atoms with van der Waals surface area (Å²) in [6, 6.07) is 11.4. The minimum absolute atomic E-state index is 0.0826. The van der Waals surface area contributed by atoms with Gasteiger partial charge in [-0.3, -0.25) is 4.79 Å². The SMILES string of the molecule is COc1cc(CCC(=O)NC(C)c2ccc(OC(F)F)cc2)cc(OC)c1. The summed E-state index contributed by atoms with van der Waals surface area (Å²) in [5, 5.41) is 2.89. The zero-order chi connectivity index (χ0) is 19.8. The Labute approximate surface area is 157 Å². The van der Waals surface area contributed by atoms with Crippen LogP contribution in [0.2, 0.25) is 0 Å². The topological polar surface area (TPSA) is 56.8 Å². The van der Waals surface area contributed by atoms with E-state index in [9.17, 15) is 13.6 Å². The van der Waals surface area contributed by atoms with E-state index in [1.807, 2.05) is 19.1 Å². The summed E-state index contributed by atoms with van der Waals surface area (Å²) in [6.07, 6.45) is 0.834. The molecule has 2 rings (SSSR count). The summed E-state index contributed by atoms with van der Waals surface area (Å²) in [7, 11) is 3.15. The first-order chi connectivity index (χ1) is 12.9. The Bertz CT molecular complexity index is 728. The summed E-state index contributed by atoms with van der Waals surface area (Å²) in [6.45, 7) is -1.03. The number of benzene rings is 2. The van der Waals surface area contributed by atoms with E-state index < -0.39 is 6.61 Å². The van der Waals surface area contributed by atoms with Crippen LogP contribution in [0.25, 0.3) is 0 Å². The summed E-state index contributed by atoms with van der Waals surface area (Å²) in [5.74, 6) is 1.31. The Morgan fingerprint density at radius 2 is 1.59 bits per heavy atom. The number of halogens is 2. The van der Waals surface area contributed by atoms with Crippen LogP contribution in [-0.4, -0.2) is 26.7 Å². The number of carbonyl (C=O) groups excluding carboxylic acids is 1. The van der Waals surface area contributed by atoms with Gasteiger partial charge in [-0.25, -0.2) is 0 Å². The zero-order valence-electron chi connectivity index (χ0n) is 15.5. The first kappa shape index (κ1) is 20.5. The molecule has 27 heavy (non-hydrogen) atoms. The second-order valence-corrected chi connectivity index (χ2v) is 5.96. The van der Waals surface area contributed by atoms with Crippen LogP contribution in [0.15, 0.2) is 42.5 Å². The number of rotatable bonds is 9. The molecule has 0 saturated heterocycles. The summed E-state index contributed by atoms with van der Waals surface area (Å²) < 4.78 is 39.1. The van der Waals surface area contributed by atoms with E-state index in [4.69, 9.17) is 9.47 Å². The number of hydrogen-bond donors (Lipinski definition) is 1. The summed E-state index contributed by atoms with van der Waals surface area (Å²) >= 11 is 0. The van der Waals surface area contributed by atoms with Crippen molar-refractivity contribution in [3.05, 3.63) is 53.6 Å². The third-order valence-corrected chi connectivity index (χ3v) is 4.03. The van der Waals surface area contributed by atoms with Crippen molar-refractivity contribution in [1.29, 1.82) is 0 Å². The van der Waals surface area contributed by atoms with Gasteiger partial charge in [0, 0.05) is 12.5 Å². The molecule has 1 atom stereocenters. The highest BCUT2D eigenvalue weighted by Crippen LogP contribution is 2.23. The number of alkyl halides is 2. The van der Waals surface area contributed by atoms with E-state index in [0.717, 1.165) is 11.1 Å². The van der Waals surface area contributed by atoms with Crippen LogP contribution >= 0.6 is 0 Å². The number of nitrogens with one attached hydrogen (secondary N) is 1. The molecule has 0 bridgehead atoms. The zero-order valence-corrected chi connectivity index (χ0v) is 15.5. The fraction of sp³-hybridized carbons (Fsp3) is 0.350.